The van der Waals surface area contributed by atoms with Gasteiger partial charge in [0.1, 0.15) is 12.2 Å². The molecular weight excluding hydrogens is 138 g/mol. The van der Waals surface area contributed by atoms with Gasteiger partial charge in [-0.1, -0.05) is 32.6 Å². The lowest BCUT2D eigenvalue weighted by Crippen LogP contribution is -1.97. The van der Waals surface area contributed by atoms with Crippen LogP contribution in [0.15, 0.2) is 0 Å². The second kappa shape index (κ2) is 7.27. The largest absolute Gasteiger partial charge is 0.302 e. The summed E-state index contributed by atoms with van der Waals surface area (Å²) in [4.78, 5) is 10.2. The average molecular weight is 153 g/mol. The number of hydrogen-bond acceptors (Lipinski definition) is 2. The van der Waals surface area contributed by atoms with E-state index in [1.54, 1.807) is 0 Å². The van der Waals surface area contributed by atoms with Gasteiger partial charge in [0.05, 0.1) is 6.07 Å². The second-order valence-corrected chi connectivity index (χ2v) is 2.72. The second-order valence-electron chi connectivity index (χ2n) is 2.72. The summed E-state index contributed by atoms with van der Waals surface area (Å²) in [6.45, 7) is 2.14. The Balaban J connectivity index is 3.23. The number of aldehydes is 1. The van der Waals surface area contributed by atoms with E-state index >= 15 is 0 Å². The van der Waals surface area contributed by atoms with Crippen LogP contribution < -0.4 is 0 Å². The third-order valence-corrected chi connectivity index (χ3v) is 1.70. The van der Waals surface area contributed by atoms with Crippen molar-refractivity contribution in [3.63, 3.8) is 0 Å². The van der Waals surface area contributed by atoms with E-state index in [-0.39, 0.29) is 5.92 Å². The number of unbranched alkanes of at least 4 members (excludes halogenated alkanes) is 3. The first kappa shape index (κ1) is 10.2. The van der Waals surface area contributed by atoms with Crippen molar-refractivity contribution >= 4 is 6.29 Å². The van der Waals surface area contributed by atoms with Gasteiger partial charge in [0.25, 0.3) is 0 Å². The zero-order valence-corrected chi connectivity index (χ0v) is 7.05. The Hall–Kier alpha value is -0.840. The minimum Gasteiger partial charge on any atom is -0.302 e. The highest BCUT2D eigenvalue weighted by Gasteiger charge is 2.03. The fourth-order valence-corrected chi connectivity index (χ4v) is 0.954. The summed E-state index contributed by atoms with van der Waals surface area (Å²) in [6.07, 6.45) is 6.02. The summed E-state index contributed by atoms with van der Waals surface area (Å²) in [7, 11) is 0. The number of carbonyl (C=O) groups is 1. The maximum atomic E-state index is 10.2. The van der Waals surface area contributed by atoms with Crippen LogP contribution in [-0.2, 0) is 4.79 Å². The molecule has 2 nitrogen and oxygen atoms in total. The van der Waals surface area contributed by atoms with Gasteiger partial charge in [-0.05, 0) is 6.42 Å². The molecular formula is C9H15NO. The van der Waals surface area contributed by atoms with Crippen molar-refractivity contribution in [1.82, 2.24) is 0 Å². The van der Waals surface area contributed by atoms with Crippen molar-refractivity contribution in [2.45, 2.75) is 39.0 Å². The molecule has 1 atom stereocenters. The Kier molecular flexibility index (Phi) is 6.71. The molecule has 0 N–H and O–H groups in total. The molecule has 1 unspecified atom stereocenters. The normalized spacial score (nSPS) is 12.0. The van der Waals surface area contributed by atoms with Crippen LogP contribution in [0, 0.1) is 17.2 Å². The quantitative estimate of drug-likeness (QED) is 0.434. The van der Waals surface area contributed by atoms with Gasteiger partial charge in [-0.25, -0.2) is 0 Å². The molecule has 0 saturated carbocycles. The Morgan fingerprint density at radius 3 is 2.64 bits per heavy atom. The molecule has 2 heteroatoms. The summed E-state index contributed by atoms with van der Waals surface area (Å²) in [5, 5.41) is 8.40. The van der Waals surface area contributed by atoms with Crippen molar-refractivity contribution in [1.29, 1.82) is 5.26 Å². The smallest absolute Gasteiger partial charge is 0.137 e. The molecule has 0 spiro atoms. The van der Waals surface area contributed by atoms with Gasteiger partial charge in [-0.3, -0.25) is 0 Å². The minimum absolute atomic E-state index is 0.369. The van der Waals surface area contributed by atoms with Gasteiger partial charge >= 0.3 is 0 Å². The number of hydrogen-bond donors (Lipinski definition) is 0. The summed E-state index contributed by atoms with van der Waals surface area (Å²) in [5.41, 5.74) is 0. The van der Waals surface area contributed by atoms with Gasteiger partial charge in [-0.15, -0.1) is 0 Å². The zero-order chi connectivity index (χ0) is 8.53. The lowest BCUT2D eigenvalue weighted by molar-refractivity contribution is -0.109. The molecule has 0 rings (SSSR count). The van der Waals surface area contributed by atoms with Crippen LogP contribution in [-0.4, -0.2) is 6.29 Å². The fourth-order valence-electron chi connectivity index (χ4n) is 0.954. The topological polar surface area (TPSA) is 40.9 Å². The SMILES string of the molecule is CCCCCCC(C#N)C=O. The molecule has 62 valence electrons. The molecule has 0 radical (unpaired) electrons. The minimum atomic E-state index is -0.369. The van der Waals surface area contributed by atoms with E-state index in [1.165, 1.54) is 12.8 Å². The molecule has 0 aromatic heterocycles. The number of nitrogens with zero attached hydrogens (tertiary/aromatic N) is 1. The first-order chi connectivity index (χ1) is 5.35. The molecule has 0 fully saturated rings. The number of nitriles is 1. The zero-order valence-electron chi connectivity index (χ0n) is 7.05. The first-order valence-corrected chi connectivity index (χ1v) is 4.20. The average Bonchev–Trinajstić information content (AvgIpc) is 2.05. The third-order valence-electron chi connectivity index (χ3n) is 1.70. The fraction of sp³-hybridized carbons (Fsp3) is 0.778. The molecule has 0 aromatic rings. The molecule has 0 aliphatic rings. The Labute approximate surface area is 68.2 Å². The van der Waals surface area contributed by atoms with Crippen molar-refractivity contribution in [3.8, 4) is 6.07 Å². The van der Waals surface area contributed by atoms with E-state index in [0.717, 1.165) is 25.5 Å². The first-order valence-electron chi connectivity index (χ1n) is 4.20. The van der Waals surface area contributed by atoms with Gasteiger partial charge in [0.15, 0.2) is 0 Å². The maximum Gasteiger partial charge on any atom is 0.137 e. The van der Waals surface area contributed by atoms with Crippen LogP contribution in [0.2, 0.25) is 0 Å². The summed E-state index contributed by atoms with van der Waals surface area (Å²) < 4.78 is 0. The highest BCUT2D eigenvalue weighted by molar-refractivity contribution is 5.57. The summed E-state index contributed by atoms with van der Waals surface area (Å²) in [6, 6.07) is 1.96. The summed E-state index contributed by atoms with van der Waals surface area (Å²) in [5.74, 6) is -0.369. The van der Waals surface area contributed by atoms with Crippen LogP contribution in [0.4, 0.5) is 0 Å². The predicted molar refractivity (Wildman–Crippen MR) is 43.9 cm³/mol. The lowest BCUT2D eigenvalue weighted by atomic mass is 10.0. The van der Waals surface area contributed by atoms with Gasteiger partial charge in [0.2, 0.25) is 0 Å². The van der Waals surface area contributed by atoms with Gasteiger partial charge in [0, 0.05) is 0 Å². The van der Waals surface area contributed by atoms with Crippen LogP contribution in [0.3, 0.4) is 0 Å². The Morgan fingerprint density at radius 2 is 2.18 bits per heavy atom. The molecule has 11 heavy (non-hydrogen) atoms. The Bertz CT molecular complexity index is 137. The van der Waals surface area contributed by atoms with Crippen molar-refractivity contribution in [2.24, 2.45) is 5.92 Å². The van der Waals surface area contributed by atoms with E-state index in [0.29, 0.717) is 0 Å². The number of carbonyl (C=O) groups excluding carboxylic acids is 1. The predicted octanol–water partition coefficient (Wildman–Crippen LogP) is 2.30. The summed E-state index contributed by atoms with van der Waals surface area (Å²) >= 11 is 0. The third kappa shape index (κ3) is 5.60. The highest BCUT2D eigenvalue weighted by Crippen LogP contribution is 2.07. The number of rotatable bonds is 6. The van der Waals surface area contributed by atoms with E-state index in [2.05, 4.69) is 6.92 Å². The maximum absolute atomic E-state index is 10.2. The van der Waals surface area contributed by atoms with E-state index in [4.69, 9.17) is 5.26 Å². The lowest BCUT2D eigenvalue weighted by Gasteiger charge is -1.99. The van der Waals surface area contributed by atoms with E-state index < -0.39 is 0 Å². The molecule has 0 aliphatic carbocycles. The monoisotopic (exact) mass is 153 g/mol. The highest BCUT2D eigenvalue weighted by atomic mass is 16.1. The van der Waals surface area contributed by atoms with Crippen LogP contribution >= 0.6 is 0 Å². The van der Waals surface area contributed by atoms with Crippen molar-refractivity contribution < 1.29 is 4.79 Å². The molecule has 0 aliphatic heterocycles. The van der Waals surface area contributed by atoms with Crippen LogP contribution in [0.1, 0.15) is 39.0 Å². The van der Waals surface area contributed by atoms with Gasteiger partial charge < -0.3 is 4.79 Å². The van der Waals surface area contributed by atoms with E-state index in [1.807, 2.05) is 6.07 Å². The van der Waals surface area contributed by atoms with Crippen LogP contribution in [0.5, 0.6) is 0 Å². The van der Waals surface area contributed by atoms with E-state index in [9.17, 15) is 4.79 Å². The standard InChI is InChI=1S/C9H15NO/c1-2-3-4-5-6-9(7-10)8-11/h8-9H,2-6H2,1H3. The molecule has 0 saturated heterocycles. The van der Waals surface area contributed by atoms with Crippen molar-refractivity contribution in [2.75, 3.05) is 0 Å². The van der Waals surface area contributed by atoms with Gasteiger partial charge in [-0.2, -0.15) is 5.26 Å². The molecule has 0 amide bonds. The Morgan fingerprint density at radius 1 is 1.45 bits per heavy atom. The molecule has 0 aromatic carbocycles. The molecule has 0 bridgehead atoms. The molecule has 0 heterocycles. The van der Waals surface area contributed by atoms with Crippen LogP contribution in [0.25, 0.3) is 0 Å². The van der Waals surface area contributed by atoms with Crippen molar-refractivity contribution in [3.05, 3.63) is 0 Å².